The van der Waals surface area contributed by atoms with Crippen molar-refractivity contribution in [3.8, 4) is 0 Å². The summed E-state index contributed by atoms with van der Waals surface area (Å²) in [5, 5.41) is -0.0495. The number of nitrogens with zero attached hydrogens (tertiary/aromatic N) is 3. The van der Waals surface area contributed by atoms with Gasteiger partial charge in [0.15, 0.2) is 11.6 Å². The monoisotopic (exact) mass is 244 g/mol. The van der Waals surface area contributed by atoms with Gasteiger partial charge >= 0.3 is 0 Å². The number of halogens is 2. The molecule has 1 aliphatic rings. The van der Waals surface area contributed by atoms with Crippen LogP contribution in [0.1, 0.15) is 12.8 Å². The summed E-state index contributed by atoms with van der Waals surface area (Å²) in [5.74, 6) is -1.04. The largest absolute Gasteiger partial charge is 0.368 e. The molecule has 16 heavy (non-hydrogen) atoms. The highest BCUT2D eigenvalue weighted by molar-refractivity contribution is 6.28. The molecule has 1 aromatic heterocycles. The molecule has 1 saturated heterocycles. The molecule has 1 aliphatic heterocycles. The second-order valence-corrected chi connectivity index (χ2v) is 3.90. The fourth-order valence-electron chi connectivity index (χ4n) is 1.85. The van der Waals surface area contributed by atoms with E-state index in [1.54, 1.807) is 0 Å². The number of hydrogen-bond donors (Lipinski definition) is 1. The first-order valence-electron chi connectivity index (χ1n) is 4.83. The van der Waals surface area contributed by atoms with Crippen molar-refractivity contribution >= 4 is 23.3 Å². The Morgan fingerprint density at radius 3 is 3.12 bits per heavy atom. The van der Waals surface area contributed by atoms with Crippen molar-refractivity contribution in [2.45, 2.75) is 18.9 Å². The number of nitrogens with two attached hydrogens (primary N) is 1. The van der Waals surface area contributed by atoms with E-state index in [-0.39, 0.29) is 11.1 Å². The number of amides is 1. The van der Waals surface area contributed by atoms with Crippen LogP contribution in [0.5, 0.6) is 0 Å². The number of hydrogen-bond acceptors (Lipinski definition) is 4. The van der Waals surface area contributed by atoms with Gasteiger partial charge in [-0.1, -0.05) is 0 Å². The van der Waals surface area contributed by atoms with Crippen molar-refractivity contribution in [2.24, 2.45) is 5.73 Å². The first kappa shape index (κ1) is 11.1. The lowest BCUT2D eigenvalue weighted by Crippen LogP contribution is -2.41. The lowest BCUT2D eigenvalue weighted by molar-refractivity contribution is -0.119. The maximum absolute atomic E-state index is 13.5. The molecule has 2 rings (SSSR count). The second-order valence-electron chi connectivity index (χ2n) is 3.56. The summed E-state index contributed by atoms with van der Waals surface area (Å²) in [6, 6.07) is -0.513. The summed E-state index contributed by atoms with van der Waals surface area (Å²) in [6.45, 7) is 0.540. The van der Waals surface area contributed by atoms with Crippen molar-refractivity contribution in [1.82, 2.24) is 9.97 Å². The molecule has 2 heterocycles. The molecule has 0 saturated carbocycles. The van der Waals surface area contributed by atoms with Gasteiger partial charge in [0.2, 0.25) is 11.2 Å². The third kappa shape index (κ3) is 1.92. The first-order chi connectivity index (χ1) is 7.59. The summed E-state index contributed by atoms with van der Waals surface area (Å²) in [4.78, 5) is 20.0. The normalized spacial score (nSPS) is 20.1. The Hall–Kier alpha value is -1.43. The number of anilines is 1. The maximum atomic E-state index is 13.5. The van der Waals surface area contributed by atoms with Crippen molar-refractivity contribution in [3.63, 3.8) is 0 Å². The van der Waals surface area contributed by atoms with Crippen molar-refractivity contribution in [3.05, 3.63) is 17.3 Å². The van der Waals surface area contributed by atoms with E-state index in [0.717, 1.165) is 12.6 Å². The molecule has 0 aromatic carbocycles. The number of aromatic nitrogens is 2. The molecule has 1 fully saturated rings. The highest BCUT2D eigenvalue weighted by Gasteiger charge is 2.31. The molecule has 1 aromatic rings. The minimum atomic E-state index is -0.599. The molecule has 1 atom stereocenters. The van der Waals surface area contributed by atoms with Crippen LogP contribution in [0.3, 0.4) is 0 Å². The standard InChI is InChI=1S/C9H10ClFN4O/c10-9-13-4-5(11)8(14-9)15-3-1-2-6(15)7(12)16/h4,6H,1-3H2,(H2,12,16). The fraction of sp³-hybridized carbons (Fsp3) is 0.444. The quantitative estimate of drug-likeness (QED) is 0.779. The molecule has 0 radical (unpaired) electrons. The van der Waals surface area contributed by atoms with Gasteiger partial charge in [-0.2, -0.15) is 4.98 Å². The summed E-state index contributed by atoms with van der Waals surface area (Å²) in [6.07, 6.45) is 2.37. The molecule has 0 aliphatic carbocycles. The fourth-order valence-corrected chi connectivity index (χ4v) is 1.98. The highest BCUT2D eigenvalue weighted by Crippen LogP contribution is 2.26. The van der Waals surface area contributed by atoms with Crippen LogP contribution >= 0.6 is 11.6 Å². The highest BCUT2D eigenvalue weighted by atomic mass is 35.5. The van der Waals surface area contributed by atoms with Gasteiger partial charge in [-0.3, -0.25) is 4.79 Å². The molecule has 5 nitrogen and oxygen atoms in total. The van der Waals surface area contributed by atoms with Crippen LogP contribution in [0.4, 0.5) is 10.2 Å². The van der Waals surface area contributed by atoms with Gasteiger partial charge in [0.1, 0.15) is 6.04 Å². The average molecular weight is 245 g/mol. The third-order valence-electron chi connectivity index (χ3n) is 2.55. The van der Waals surface area contributed by atoms with E-state index in [9.17, 15) is 9.18 Å². The van der Waals surface area contributed by atoms with Crippen LogP contribution < -0.4 is 10.6 Å². The zero-order chi connectivity index (χ0) is 11.7. The zero-order valence-electron chi connectivity index (χ0n) is 8.36. The van der Waals surface area contributed by atoms with E-state index in [2.05, 4.69) is 9.97 Å². The van der Waals surface area contributed by atoms with Crippen molar-refractivity contribution in [2.75, 3.05) is 11.4 Å². The van der Waals surface area contributed by atoms with Crippen LogP contribution in [-0.2, 0) is 4.79 Å². The molecule has 1 amide bonds. The van der Waals surface area contributed by atoms with E-state index in [4.69, 9.17) is 17.3 Å². The average Bonchev–Trinajstić information content (AvgIpc) is 2.70. The molecule has 1 unspecified atom stereocenters. The Morgan fingerprint density at radius 2 is 2.44 bits per heavy atom. The topological polar surface area (TPSA) is 72.1 Å². The van der Waals surface area contributed by atoms with Crippen LogP contribution in [-0.4, -0.2) is 28.5 Å². The maximum Gasteiger partial charge on any atom is 0.240 e. The van der Waals surface area contributed by atoms with Gasteiger partial charge in [0.05, 0.1) is 6.20 Å². The second kappa shape index (κ2) is 4.21. The van der Waals surface area contributed by atoms with E-state index in [1.807, 2.05) is 0 Å². The van der Waals surface area contributed by atoms with Gasteiger partial charge < -0.3 is 10.6 Å². The van der Waals surface area contributed by atoms with Crippen LogP contribution in [0.15, 0.2) is 6.20 Å². The minimum absolute atomic E-state index is 0.0429. The lowest BCUT2D eigenvalue weighted by Gasteiger charge is -2.23. The van der Waals surface area contributed by atoms with E-state index < -0.39 is 17.8 Å². The Morgan fingerprint density at radius 1 is 1.69 bits per heavy atom. The third-order valence-corrected chi connectivity index (χ3v) is 2.73. The summed E-state index contributed by atoms with van der Waals surface area (Å²) < 4.78 is 13.5. The number of carbonyl (C=O) groups is 1. The molecule has 2 N–H and O–H groups in total. The number of primary amides is 1. The van der Waals surface area contributed by atoms with E-state index >= 15 is 0 Å². The van der Waals surface area contributed by atoms with Crippen LogP contribution in [0.25, 0.3) is 0 Å². The zero-order valence-corrected chi connectivity index (χ0v) is 9.12. The summed E-state index contributed by atoms with van der Waals surface area (Å²) >= 11 is 5.59. The summed E-state index contributed by atoms with van der Waals surface area (Å²) in [5.41, 5.74) is 5.23. The predicted octanol–water partition coefficient (Wildman–Crippen LogP) is 0.723. The SMILES string of the molecule is NC(=O)C1CCCN1c1nc(Cl)ncc1F. The minimum Gasteiger partial charge on any atom is -0.368 e. The van der Waals surface area contributed by atoms with E-state index in [1.165, 1.54) is 4.90 Å². The number of carbonyl (C=O) groups excluding carboxylic acids is 1. The molecule has 7 heteroatoms. The molecule has 0 bridgehead atoms. The molecule has 0 spiro atoms. The Kier molecular flexibility index (Phi) is 2.91. The Bertz CT molecular complexity index is 428. The van der Waals surface area contributed by atoms with Gasteiger partial charge in [-0.15, -0.1) is 0 Å². The Labute approximate surface area is 96.4 Å². The van der Waals surface area contributed by atoms with E-state index in [0.29, 0.717) is 13.0 Å². The van der Waals surface area contributed by atoms with Gasteiger partial charge in [0.25, 0.3) is 0 Å². The van der Waals surface area contributed by atoms with Crippen LogP contribution in [0, 0.1) is 5.82 Å². The Balaban J connectivity index is 2.35. The van der Waals surface area contributed by atoms with Gasteiger partial charge in [-0.05, 0) is 24.4 Å². The lowest BCUT2D eigenvalue weighted by atomic mass is 10.2. The van der Waals surface area contributed by atoms with Gasteiger partial charge in [-0.25, -0.2) is 9.37 Å². The molecular formula is C9H10ClFN4O. The number of rotatable bonds is 2. The van der Waals surface area contributed by atoms with Crippen LogP contribution in [0.2, 0.25) is 5.28 Å². The van der Waals surface area contributed by atoms with Gasteiger partial charge in [0, 0.05) is 6.54 Å². The molecule has 86 valence electrons. The molecular weight excluding hydrogens is 235 g/mol. The first-order valence-corrected chi connectivity index (χ1v) is 5.21. The summed E-state index contributed by atoms with van der Waals surface area (Å²) in [7, 11) is 0. The smallest absolute Gasteiger partial charge is 0.240 e. The van der Waals surface area contributed by atoms with Crippen molar-refractivity contribution in [1.29, 1.82) is 0 Å². The predicted molar refractivity (Wildman–Crippen MR) is 56.6 cm³/mol. The van der Waals surface area contributed by atoms with Crippen molar-refractivity contribution < 1.29 is 9.18 Å².